The molecule has 0 heteroatoms. The van der Waals surface area contributed by atoms with Crippen LogP contribution in [0.2, 0.25) is 0 Å². The fraction of sp³-hybridized carbons (Fsp3) is 0.533. The third kappa shape index (κ3) is 4.07. The summed E-state index contributed by atoms with van der Waals surface area (Å²) < 4.78 is 0. The van der Waals surface area contributed by atoms with Gasteiger partial charge in [-0.3, -0.25) is 0 Å². The van der Waals surface area contributed by atoms with Crippen LogP contribution in [0, 0.1) is 6.42 Å². The lowest BCUT2D eigenvalue weighted by molar-refractivity contribution is 0.733. The van der Waals surface area contributed by atoms with Crippen LogP contribution in [0.3, 0.4) is 0 Å². The van der Waals surface area contributed by atoms with Gasteiger partial charge in [-0.2, -0.15) is 0 Å². The van der Waals surface area contributed by atoms with Gasteiger partial charge in [0.25, 0.3) is 0 Å². The molecule has 0 aliphatic carbocycles. The standard InChI is InChI=1S/C15H23/c1-4-6-7-8-14-9-11-15(12-10-14)13(3)5-2/h8-13H,4-7H2,1-3H3. The molecule has 0 amide bonds. The summed E-state index contributed by atoms with van der Waals surface area (Å²) in [6.45, 7) is 6.77. The van der Waals surface area contributed by atoms with Crippen LogP contribution in [0.1, 0.15) is 63.5 Å². The van der Waals surface area contributed by atoms with Crippen LogP contribution in [-0.4, -0.2) is 0 Å². The lowest BCUT2D eigenvalue weighted by atomic mass is 9.96. The van der Waals surface area contributed by atoms with Crippen LogP contribution in [0.25, 0.3) is 0 Å². The van der Waals surface area contributed by atoms with E-state index in [0.29, 0.717) is 5.92 Å². The van der Waals surface area contributed by atoms with E-state index in [2.05, 4.69) is 51.5 Å². The van der Waals surface area contributed by atoms with E-state index in [-0.39, 0.29) is 0 Å². The molecular weight excluding hydrogens is 180 g/mol. The number of hydrogen-bond donors (Lipinski definition) is 0. The normalized spacial score (nSPS) is 12.7. The molecule has 1 aromatic rings. The minimum absolute atomic E-state index is 0.690. The smallest absolute Gasteiger partial charge is 0.00931 e. The molecule has 0 bridgehead atoms. The minimum atomic E-state index is 0.690. The highest BCUT2D eigenvalue weighted by Gasteiger charge is 2.02. The third-order valence-corrected chi connectivity index (χ3v) is 3.06. The lowest BCUT2D eigenvalue weighted by Gasteiger charge is -2.09. The highest BCUT2D eigenvalue weighted by atomic mass is 14.1. The van der Waals surface area contributed by atoms with Crippen LogP contribution in [0.15, 0.2) is 24.3 Å². The van der Waals surface area contributed by atoms with Crippen molar-refractivity contribution < 1.29 is 0 Å². The van der Waals surface area contributed by atoms with Gasteiger partial charge in [0.1, 0.15) is 0 Å². The average molecular weight is 203 g/mol. The Hall–Kier alpha value is -0.780. The molecule has 1 aromatic carbocycles. The van der Waals surface area contributed by atoms with Crippen molar-refractivity contribution in [2.24, 2.45) is 0 Å². The molecule has 0 aromatic heterocycles. The van der Waals surface area contributed by atoms with Gasteiger partial charge in [-0.15, -0.1) is 0 Å². The molecule has 0 heterocycles. The average Bonchev–Trinajstić information content (AvgIpc) is 2.29. The van der Waals surface area contributed by atoms with Crippen LogP contribution in [-0.2, 0) is 0 Å². The molecule has 0 N–H and O–H groups in total. The summed E-state index contributed by atoms with van der Waals surface area (Å²) in [6.07, 6.45) is 7.34. The Kier molecular flexibility index (Phi) is 5.45. The van der Waals surface area contributed by atoms with Gasteiger partial charge in [0, 0.05) is 0 Å². The van der Waals surface area contributed by atoms with Crippen LogP contribution < -0.4 is 0 Å². The molecule has 0 saturated heterocycles. The predicted molar refractivity (Wildman–Crippen MR) is 68.1 cm³/mol. The van der Waals surface area contributed by atoms with Gasteiger partial charge in [0.15, 0.2) is 0 Å². The van der Waals surface area contributed by atoms with E-state index in [1.54, 1.807) is 0 Å². The van der Waals surface area contributed by atoms with E-state index in [1.165, 1.54) is 36.8 Å². The van der Waals surface area contributed by atoms with Crippen molar-refractivity contribution in [3.05, 3.63) is 41.8 Å². The SMILES string of the molecule is CCCC[CH]c1ccc(C(C)CC)cc1. The maximum absolute atomic E-state index is 2.34. The second-order valence-electron chi connectivity index (χ2n) is 4.32. The fourth-order valence-corrected chi connectivity index (χ4v) is 1.67. The number of benzene rings is 1. The van der Waals surface area contributed by atoms with Crippen molar-refractivity contribution in [3.8, 4) is 0 Å². The summed E-state index contributed by atoms with van der Waals surface area (Å²) >= 11 is 0. The van der Waals surface area contributed by atoms with Crippen LogP contribution in [0.4, 0.5) is 0 Å². The molecule has 1 rings (SSSR count). The Morgan fingerprint density at radius 2 is 1.80 bits per heavy atom. The lowest BCUT2D eigenvalue weighted by Crippen LogP contribution is -1.91. The van der Waals surface area contributed by atoms with Crippen molar-refractivity contribution in [3.63, 3.8) is 0 Å². The molecular formula is C15H23. The van der Waals surface area contributed by atoms with Crippen LogP contribution >= 0.6 is 0 Å². The summed E-state index contributed by atoms with van der Waals surface area (Å²) in [6, 6.07) is 9.03. The first-order valence-electron chi connectivity index (χ1n) is 6.21. The summed E-state index contributed by atoms with van der Waals surface area (Å²) in [5.41, 5.74) is 2.83. The molecule has 83 valence electrons. The topological polar surface area (TPSA) is 0 Å². The van der Waals surface area contributed by atoms with Crippen LogP contribution in [0.5, 0.6) is 0 Å². The third-order valence-electron chi connectivity index (χ3n) is 3.06. The van der Waals surface area contributed by atoms with Gasteiger partial charge in [0.05, 0.1) is 0 Å². The van der Waals surface area contributed by atoms with E-state index >= 15 is 0 Å². The van der Waals surface area contributed by atoms with Crippen molar-refractivity contribution >= 4 is 0 Å². The summed E-state index contributed by atoms with van der Waals surface area (Å²) in [5, 5.41) is 0. The summed E-state index contributed by atoms with van der Waals surface area (Å²) in [5.74, 6) is 0.690. The summed E-state index contributed by atoms with van der Waals surface area (Å²) in [4.78, 5) is 0. The molecule has 0 aliphatic heterocycles. The molecule has 0 nitrogen and oxygen atoms in total. The van der Waals surface area contributed by atoms with Gasteiger partial charge >= 0.3 is 0 Å². The molecule has 0 spiro atoms. The predicted octanol–water partition coefficient (Wildman–Crippen LogP) is 4.94. The van der Waals surface area contributed by atoms with E-state index in [0.717, 1.165) is 0 Å². The first kappa shape index (κ1) is 12.3. The first-order chi connectivity index (χ1) is 7.27. The minimum Gasteiger partial charge on any atom is -0.0654 e. The van der Waals surface area contributed by atoms with E-state index in [4.69, 9.17) is 0 Å². The molecule has 0 saturated carbocycles. The van der Waals surface area contributed by atoms with E-state index in [1.807, 2.05) is 0 Å². The Bertz CT molecular complexity index is 258. The van der Waals surface area contributed by atoms with E-state index in [9.17, 15) is 0 Å². The molecule has 1 atom stereocenters. The van der Waals surface area contributed by atoms with Gasteiger partial charge in [-0.1, -0.05) is 57.9 Å². The van der Waals surface area contributed by atoms with Gasteiger partial charge < -0.3 is 0 Å². The highest BCUT2D eigenvalue weighted by Crippen LogP contribution is 2.19. The van der Waals surface area contributed by atoms with Crippen molar-refractivity contribution in [2.75, 3.05) is 0 Å². The van der Waals surface area contributed by atoms with Crippen molar-refractivity contribution in [1.29, 1.82) is 0 Å². The quantitative estimate of drug-likeness (QED) is 0.574. The zero-order valence-electron chi connectivity index (χ0n) is 10.3. The summed E-state index contributed by atoms with van der Waals surface area (Å²) in [7, 11) is 0. The van der Waals surface area contributed by atoms with Crippen molar-refractivity contribution in [2.45, 2.75) is 52.4 Å². The highest BCUT2D eigenvalue weighted by molar-refractivity contribution is 5.29. The monoisotopic (exact) mass is 203 g/mol. The second-order valence-corrected chi connectivity index (χ2v) is 4.32. The first-order valence-corrected chi connectivity index (χ1v) is 6.21. The second kappa shape index (κ2) is 6.66. The largest absolute Gasteiger partial charge is 0.0654 e. The molecule has 0 fully saturated rings. The van der Waals surface area contributed by atoms with Crippen molar-refractivity contribution in [1.82, 2.24) is 0 Å². The number of hydrogen-bond acceptors (Lipinski definition) is 0. The Balaban J connectivity index is 2.49. The Morgan fingerprint density at radius 1 is 1.13 bits per heavy atom. The Morgan fingerprint density at radius 3 is 2.33 bits per heavy atom. The molecule has 0 aliphatic rings. The molecule has 1 radical (unpaired) electrons. The van der Waals surface area contributed by atoms with Gasteiger partial charge in [-0.05, 0) is 36.3 Å². The maximum Gasteiger partial charge on any atom is -0.00931 e. The fourth-order valence-electron chi connectivity index (χ4n) is 1.67. The Labute approximate surface area is 94.7 Å². The van der Waals surface area contributed by atoms with E-state index < -0.39 is 0 Å². The number of rotatable bonds is 6. The zero-order chi connectivity index (χ0) is 11.1. The maximum atomic E-state index is 2.34. The molecule has 15 heavy (non-hydrogen) atoms. The van der Waals surface area contributed by atoms with Gasteiger partial charge in [0.2, 0.25) is 0 Å². The van der Waals surface area contributed by atoms with Gasteiger partial charge in [-0.25, -0.2) is 0 Å². The zero-order valence-corrected chi connectivity index (χ0v) is 10.3. The number of unbranched alkanes of at least 4 members (excludes halogenated alkanes) is 2. The molecule has 1 unspecified atom stereocenters.